The minimum Gasteiger partial charge on any atom is -0.392 e. The summed E-state index contributed by atoms with van der Waals surface area (Å²) in [5.74, 6) is 1.75. The first kappa shape index (κ1) is 16.3. The Bertz CT molecular complexity index is 956. The van der Waals surface area contributed by atoms with Crippen LogP contribution in [0.25, 0.3) is 10.9 Å². The minimum absolute atomic E-state index is 0.0233. The summed E-state index contributed by atoms with van der Waals surface area (Å²) in [7, 11) is 0. The molecule has 26 heavy (non-hydrogen) atoms. The lowest BCUT2D eigenvalue weighted by atomic mass is 10.1. The molecule has 130 valence electrons. The molecule has 0 unspecified atom stereocenters. The van der Waals surface area contributed by atoms with Crippen LogP contribution in [0.1, 0.15) is 11.1 Å². The fraction of sp³-hybridized carbons (Fsp3) is 0.250. The van der Waals surface area contributed by atoms with E-state index >= 15 is 0 Å². The maximum Gasteiger partial charge on any atom is 0.134 e. The van der Waals surface area contributed by atoms with Gasteiger partial charge in [0.05, 0.1) is 17.7 Å². The standard InChI is InChI=1S/C20H19N5O/c21-12-15-5-6-19(22-13-15)24-7-9-25(10-8-24)20-17(14-26)11-16-3-1-2-4-18(16)23-20/h1-6,11,13,26H,7-10,14H2. The van der Waals surface area contributed by atoms with Gasteiger partial charge in [0, 0.05) is 43.3 Å². The maximum atomic E-state index is 9.77. The molecule has 6 nitrogen and oxygen atoms in total. The molecule has 0 amide bonds. The summed E-state index contributed by atoms with van der Waals surface area (Å²) in [6, 6.07) is 15.8. The largest absolute Gasteiger partial charge is 0.392 e. The Kier molecular flexibility index (Phi) is 4.38. The number of hydrogen-bond acceptors (Lipinski definition) is 6. The molecule has 0 spiro atoms. The van der Waals surface area contributed by atoms with Gasteiger partial charge in [-0.25, -0.2) is 9.97 Å². The molecule has 6 heteroatoms. The number of aliphatic hydroxyl groups excluding tert-OH is 1. The van der Waals surface area contributed by atoms with Crippen molar-refractivity contribution in [3.8, 4) is 6.07 Å². The third kappa shape index (κ3) is 3.05. The zero-order valence-corrected chi connectivity index (χ0v) is 14.3. The number of fused-ring (bicyclic) bond motifs is 1. The molecule has 4 rings (SSSR count). The quantitative estimate of drug-likeness (QED) is 0.785. The lowest BCUT2D eigenvalue weighted by molar-refractivity contribution is 0.281. The first-order chi connectivity index (χ1) is 12.8. The average Bonchev–Trinajstić information content (AvgIpc) is 2.73. The van der Waals surface area contributed by atoms with Gasteiger partial charge in [0.25, 0.3) is 0 Å². The maximum absolute atomic E-state index is 9.77. The Morgan fingerprint density at radius 3 is 2.50 bits per heavy atom. The molecular formula is C20H19N5O. The Hall–Kier alpha value is -3.17. The van der Waals surface area contributed by atoms with Crippen molar-refractivity contribution in [2.45, 2.75) is 6.61 Å². The summed E-state index contributed by atoms with van der Waals surface area (Å²) in [5.41, 5.74) is 2.37. The smallest absolute Gasteiger partial charge is 0.134 e. The molecule has 0 bridgehead atoms. The number of nitriles is 1. The number of aromatic nitrogens is 2. The monoisotopic (exact) mass is 345 g/mol. The highest BCUT2D eigenvalue weighted by Crippen LogP contribution is 2.25. The predicted molar refractivity (Wildman–Crippen MR) is 101 cm³/mol. The summed E-state index contributed by atoms with van der Waals surface area (Å²) < 4.78 is 0. The molecule has 3 heterocycles. The van der Waals surface area contributed by atoms with Gasteiger partial charge in [-0.05, 0) is 24.3 Å². The second-order valence-electron chi connectivity index (χ2n) is 6.31. The number of nitrogens with zero attached hydrogens (tertiary/aromatic N) is 5. The van der Waals surface area contributed by atoms with Crippen molar-refractivity contribution < 1.29 is 5.11 Å². The molecule has 1 aliphatic rings. The van der Waals surface area contributed by atoms with Gasteiger partial charge < -0.3 is 14.9 Å². The van der Waals surface area contributed by atoms with Crippen LogP contribution in [0.4, 0.5) is 11.6 Å². The Labute approximate surface area is 151 Å². The number of benzene rings is 1. The van der Waals surface area contributed by atoms with E-state index < -0.39 is 0 Å². The summed E-state index contributed by atoms with van der Waals surface area (Å²) in [4.78, 5) is 13.6. The zero-order chi connectivity index (χ0) is 17.9. The van der Waals surface area contributed by atoms with Crippen LogP contribution in [-0.2, 0) is 6.61 Å². The SMILES string of the molecule is N#Cc1ccc(N2CCN(c3nc4ccccc4cc3CO)CC2)nc1. The van der Waals surface area contributed by atoms with Crippen molar-refractivity contribution in [1.29, 1.82) is 5.26 Å². The van der Waals surface area contributed by atoms with E-state index in [0.29, 0.717) is 5.56 Å². The van der Waals surface area contributed by atoms with E-state index in [0.717, 1.165) is 54.3 Å². The van der Waals surface area contributed by atoms with E-state index in [1.165, 1.54) is 0 Å². The number of anilines is 2. The molecule has 3 aromatic rings. The van der Waals surface area contributed by atoms with Gasteiger partial charge in [-0.3, -0.25) is 0 Å². The summed E-state index contributed by atoms with van der Waals surface area (Å²) in [6.07, 6.45) is 1.61. The number of hydrogen-bond donors (Lipinski definition) is 1. The van der Waals surface area contributed by atoms with Crippen LogP contribution in [0.5, 0.6) is 0 Å². The second kappa shape index (κ2) is 6.98. The number of rotatable bonds is 3. The zero-order valence-electron chi connectivity index (χ0n) is 14.3. The topological polar surface area (TPSA) is 76.3 Å². The summed E-state index contributed by atoms with van der Waals surface area (Å²) in [5, 5.41) is 19.7. The lowest BCUT2D eigenvalue weighted by Crippen LogP contribution is -2.47. The van der Waals surface area contributed by atoms with Crippen molar-refractivity contribution in [2.75, 3.05) is 36.0 Å². The highest BCUT2D eigenvalue weighted by atomic mass is 16.3. The molecule has 1 fully saturated rings. The molecule has 0 saturated carbocycles. The normalized spacial score (nSPS) is 14.5. The van der Waals surface area contributed by atoms with Crippen LogP contribution < -0.4 is 9.80 Å². The Morgan fingerprint density at radius 2 is 1.81 bits per heavy atom. The molecule has 0 aliphatic carbocycles. The highest BCUT2D eigenvalue weighted by molar-refractivity contribution is 5.81. The molecule has 0 radical (unpaired) electrons. The number of para-hydroxylation sites is 1. The van der Waals surface area contributed by atoms with E-state index in [4.69, 9.17) is 10.2 Å². The van der Waals surface area contributed by atoms with Gasteiger partial charge in [-0.15, -0.1) is 0 Å². The van der Waals surface area contributed by atoms with Gasteiger partial charge in [0.1, 0.15) is 17.7 Å². The first-order valence-electron chi connectivity index (χ1n) is 8.64. The van der Waals surface area contributed by atoms with Gasteiger partial charge >= 0.3 is 0 Å². The third-order valence-corrected chi connectivity index (χ3v) is 4.73. The molecule has 1 N–H and O–H groups in total. The van der Waals surface area contributed by atoms with E-state index in [2.05, 4.69) is 20.9 Å². The number of pyridine rings is 2. The van der Waals surface area contributed by atoms with Crippen molar-refractivity contribution in [2.24, 2.45) is 0 Å². The summed E-state index contributed by atoms with van der Waals surface area (Å²) in [6.45, 7) is 3.22. The summed E-state index contributed by atoms with van der Waals surface area (Å²) >= 11 is 0. The number of aliphatic hydroxyl groups is 1. The third-order valence-electron chi connectivity index (χ3n) is 4.73. The van der Waals surface area contributed by atoms with Crippen molar-refractivity contribution in [3.05, 3.63) is 59.8 Å². The van der Waals surface area contributed by atoms with Gasteiger partial charge in [-0.2, -0.15) is 5.26 Å². The van der Waals surface area contributed by atoms with Crippen LogP contribution >= 0.6 is 0 Å². The van der Waals surface area contributed by atoms with Crippen molar-refractivity contribution in [1.82, 2.24) is 9.97 Å². The van der Waals surface area contributed by atoms with Crippen LogP contribution in [0.3, 0.4) is 0 Å². The Morgan fingerprint density at radius 1 is 1.04 bits per heavy atom. The van der Waals surface area contributed by atoms with Crippen molar-refractivity contribution >= 4 is 22.5 Å². The van der Waals surface area contributed by atoms with Crippen LogP contribution in [0.15, 0.2) is 48.7 Å². The van der Waals surface area contributed by atoms with Crippen LogP contribution in [0, 0.1) is 11.3 Å². The molecular weight excluding hydrogens is 326 g/mol. The fourth-order valence-corrected chi connectivity index (χ4v) is 3.33. The van der Waals surface area contributed by atoms with E-state index in [-0.39, 0.29) is 6.61 Å². The molecule has 1 aromatic carbocycles. The van der Waals surface area contributed by atoms with Gasteiger partial charge in [0.2, 0.25) is 0 Å². The number of piperazine rings is 1. The second-order valence-corrected chi connectivity index (χ2v) is 6.31. The molecule has 0 atom stereocenters. The molecule has 1 aliphatic heterocycles. The molecule has 2 aromatic heterocycles. The predicted octanol–water partition coefficient (Wildman–Crippen LogP) is 2.32. The van der Waals surface area contributed by atoms with Gasteiger partial charge in [0.15, 0.2) is 0 Å². The highest BCUT2D eigenvalue weighted by Gasteiger charge is 2.21. The van der Waals surface area contributed by atoms with Crippen molar-refractivity contribution in [3.63, 3.8) is 0 Å². The van der Waals surface area contributed by atoms with Gasteiger partial charge in [-0.1, -0.05) is 18.2 Å². The van der Waals surface area contributed by atoms with Crippen LogP contribution in [0.2, 0.25) is 0 Å². The van der Waals surface area contributed by atoms with Crippen LogP contribution in [-0.4, -0.2) is 41.3 Å². The fourth-order valence-electron chi connectivity index (χ4n) is 3.33. The average molecular weight is 345 g/mol. The van der Waals surface area contributed by atoms with E-state index in [1.807, 2.05) is 36.4 Å². The first-order valence-corrected chi connectivity index (χ1v) is 8.64. The lowest BCUT2D eigenvalue weighted by Gasteiger charge is -2.36. The van der Waals surface area contributed by atoms with E-state index in [9.17, 15) is 5.11 Å². The Balaban J connectivity index is 1.54. The van der Waals surface area contributed by atoms with E-state index in [1.54, 1.807) is 12.3 Å². The molecule has 1 saturated heterocycles. The minimum atomic E-state index is -0.0233.